The van der Waals surface area contributed by atoms with Crippen molar-refractivity contribution in [2.45, 2.75) is 32.7 Å². The molecule has 3 nitrogen and oxygen atoms in total. The smallest absolute Gasteiger partial charge is 0.229 e. The van der Waals surface area contributed by atoms with Crippen LogP contribution in [0.4, 0.5) is 0 Å². The lowest BCUT2D eigenvalue weighted by atomic mass is 10.2. The Bertz CT molecular complexity index is 145. The molecule has 86 valence electrons. The Kier molecular flexibility index (Phi) is 13.1. The molecule has 0 aromatic carbocycles. The summed E-state index contributed by atoms with van der Waals surface area (Å²) in [5.41, 5.74) is 5.54. The summed E-state index contributed by atoms with van der Waals surface area (Å²) in [4.78, 5) is 11.1. The van der Waals surface area contributed by atoms with Gasteiger partial charge in [-0.15, -0.1) is 12.4 Å². The van der Waals surface area contributed by atoms with Crippen molar-refractivity contribution in [3.8, 4) is 0 Å². The number of rotatable bonds is 7. The summed E-state index contributed by atoms with van der Waals surface area (Å²) < 4.78 is 0. The number of carbonyl (C=O) groups excluding carboxylic acids is 1. The molecule has 0 saturated carbocycles. The number of amides is 1. The van der Waals surface area contributed by atoms with Crippen LogP contribution < -0.4 is 11.1 Å². The van der Waals surface area contributed by atoms with Crippen LogP contribution in [0.2, 0.25) is 0 Å². The van der Waals surface area contributed by atoms with Crippen LogP contribution in [-0.4, -0.2) is 30.0 Å². The molecule has 0 heterocycles. The number of nitrogens with two attached hydrogens (primary N) is 1. The van der Waals surface area contributed by atoms with Gasteiger partial charge in [-0.2, -0.15) is 11.8 Å². The van der Waals surface area contributed by atoms with E-state index in [4.69, 9.17) is 5.73 Å². The molecule has 0 fully saturated rings. The fourth-order valence-corrected chi connectivity index (χ4v) is 1.52. The molecule has 1 amide bonds. The van der Waals surface area contributed by atoms with E-state index >= 15 is 0 Å². The summed E-state index contributed by atoms with van der Waals surface area (Å²) in [7, 11) is 0. The highest BCUT2D eigenvalue weighted by molar-refractivity contribution is 7.99. The molecule has 0 bridgehead atoms. The number of carbonyl (C=O) groups is 1. The van der Waals surface area contributed by atoms with Crippen LogP contribution >= 0.6 is 24.2 Å². The summed E-state index contributed by atoms with van der Waals surface area (Å²) in [6, 6.07) is 0.170. The standard InChI is InChI=1S/C9H20N2OS.ClH/c1-3-6-13-7-9(12)11-5-4-8(2)10;/h8H,3-7,10H2,1-2H3,(H,11,12);1H. The average Bonchev–Trinajstić information content (AvgIpc) is 2.04. The first-order chi connectivity index (χ1) is 6.16. The molecule has 0 aliphatic heterocycles. The second-order valence-electron chi connectivity index (χ2n) is 3.17. The van der Waals surface area contributed by atoms with Crippen molar-refractivity contribution in [3.63, 3.8) is 0 Å². The van der Waals surface area contributed by atoms with Crippen molar-refractivity contribution < 1.29 is 4.79 Å². The molecule has 1 atom stereocenters. The van der Waals surface area contributed by atoms with E-state index in [9.17, 15) is 4.79 Å². The first-order valence-electron chi connectivity index (χ1n) is 4.76. The Labute approximate surface area is 97.0 Å². The number of thioether (sulfide) groups is 1. The van der Waals surface area contributed by atoms with E-state index in [1.165, 1.54) is 0 Å². The second-order valence-corrected chi connectivity index (χ2v) is 4.27. The fourth-order valence-electron chi connectivity index (χ4n) is 0.799. The molecule has 0 aliphatic carbocycles. The zero-order valence-corrected chi connectivity index (χ0v) is 10.5. The van der Waals surface area contributed by atoms with E-state index in [1.54, 1.807) is 11.8 Å². The van der Waals surface area contributed by atoms with Crippen LogP contribution in [0.25, 0.3) is 0 Å². The number of halogens is 1. The van der Waals surface area contributed by atoms with Crippen LogP contribution in [0, 0.1) is 0 Å². The maximum atomic E-state index is 11.1. The second kappa shape index (κ2) is 11.1. The van der Waals surface area contributed by atoms with E-state index < -0.39 is 0 Å². The molecule has 0 rings (SSSR count). The highest BCUT2D eigenvalue weighted by Gasteiger charge is 2.00. The van der Waals surface area contributed by atoms with Crippen molar-refractivity contribution >= 4 is 30.1 Å². The minimum absolute atomic E-state index is 0. The van der Waals surface area contributed by atoms with E-state index in [2.05, 4.69) is 12.2 Å². The SMILES string of the molecule is CCCSCC(=O)NCCC(C)N.Cl. The van der Waals surface area contributed by atoms with Crippen molar-refractivity contribution in [2.75, 3.05) is 18.1 Å². The van der Waals surface area contributed by atoms with Gasteiger partial charge in [0.2, 0.25) is 5.91 Å². The third-order valence-electron chi connectivity index (χ3n) is 1.50. The molecule has 3 N–H and O–H groups in total. The van der Waals surface area contributed by atoms with Crippen LogP contribution in [0.5, 0.6) is 0 Å². The highest BCUT2D eigenvalue weighted by atomic mass is 35.5. The molecular weight excluding hydrogens is 220 g/mol. The summed E-state index contributed by atoms with van der Waals surface area (Å²) >= 11 is 1.68. The predicted molar refractivity (Wildman–Crippen MR) is 66.1 cm³/mol. The number of hydrogen-bond acceptors (Lipinski definition) is 3. The van der Waals surface area contributed by atoms with Crippen LogP contribution in [0.3, 0.4) is 0 Å². The molecule has 0 radical (unpaired) electrons. The lowest BCUT2D eigenvalue weighted by Gasteiger charge is -2.06. The van der Waals surface area contributed by atoms with E-state index in [-0.39, 0.29) is 24.4 Å². The maximum Gasteiger partial charge on any atom is 0.229 e. The van der Waals surface area contributed by atoms with E-state index in [1.807, 2.05) is 6.92 Å². The van der Waals surface area contributed by atoms with Gasteiger partial charge in [-0.3, -0.25) is 4.79 Å². The maximum absolute atomic E-state index is 11.1. The number of hydrogen-bond donors (Lipinski definition) is 2. The van der Waals surface area contributed by atoms with Crippen LogP contribution in [-0.2, 0) is 4.79 Å². The zero-order valence-electron chi connectivity index (χ0n) is 8.91. The highest BCUT2D eigenvalue weighted by Crippen LogP contribution is 2.00. The first-order valence-corrected chi connectivity index (χ1v) is 5.92. The van der Waals surface area contributed by atoms with Gasteiger partial charge in [-0.1, -0.05) is 6.92 Å². The molecule has 14 heavy (non-hydrogen) atoms. The largest absolute Gasteiger partial charge is 0.355 e. The van der Waals surface area contributed by atoms with Gasteiger partial charge in [-0.05, 0) is 25.5 Å². The Morgan fingerprint density at radius 3 is 2.71 bits per heavy atom. The minimum atomic E-state index is 0. The molecule has 1 unspecified atom stereocenters. The summed E-state index contributed by atoms with van der Waals surface area (Å²) in [5.74, 6) is 1.76. The molecule has 0 aromatic rings. The van der Waals surface area contributed by atoms with Gasteiger partial charge in [0.05, 0.1) is 5.75 Å². The molecule has 0 saturated heterocycles. The first kappa shape index (κ1) is 16.5. The van der Waals surface area contributed by atoms with Gasteiger partial charge in [0, 0.05) is 12.6 Å². The quantitative estimate of drug-likeness (QED) is 0.662. The Morgan fingerprint density at radius 1 is 1.57 bits per heavy atom. The van der Waals surface area contributed by atoms with Crippen molar-refractivity contribution in [1.82, 2.24) is 5.32 Å². The van der Waals surface area contributed by atoms with E-state index in [0.717, 1.165) is 18.6 Å². The summed E-state index contributed by atoms with van der Waals surface area (Å²) in [6.07, 6.45) is 1.97. The molecule has 0 aliphatic rings. The molecule has 0 aromatic heterocycles. The Hall–Kier alpha value is 0.0700. The van der Waals surface area contributed by atoms with Gasteiger partial charge < -0.3 is 11.1 Å². The average molecular weight is 241 g/mol. The molecule has 5 heteroatoms. The molecular formula is C9H21ClN2OS. The minimum Gasteiger partial charge on any atom is -0.355 e. The normalized spacial score (nSPS) is 11.6. The van der Waals surface area contributed by atoms with Gasteiger partial charge in [0.1, 0.15) is 0 Å². The Morgan fingerprint density at radius 2 is 2.21 bits per heavy atom. The summed E-state index contributed by atoms with van der Waals surface area (Å²) in [6.45, 7) is 4.75. The van der Waals surface area contributed by atoms with Crippen molar-refractivity contribution in [2.24, 2.45) is 5.73 Å². The monoisotopic (exact) mass is 240 g/mol. The summed E-state index contributed by atoms with van der Waals surface area (Å²) in [5, 5.41) is 2.83. The predicted octanol–water partition coefficient (Wildman–Crippen LogP) is 1.40. The Balaban J connectivity index is 0. The topological polar surface area (TPSA) is 55.1 Å². The third-order valence-corrected chi connectivity index (χ3v) is 2.67. The zero-order chi connectivity index (χ0) is 10.1. The lowest BCUT2D eigenvalue weighted by molar-refractivity contribution is -0.118. The third kappa shape index (κ3) is 12.1. The van der Waals surface area contributed by atoms with Gasteiger partial charge in [0.15, 0.2) is 0 Å². The molecule has 0 spiro atoms. The van der Waals surface area contributed by atoms with Gasteiger partial charge >= 0.3 is 0 Å². The number of nitrogens with one attached hydrogen (secondary N) is 1. The van der Waals surface area contributed by atoms with Gasteiger partial charge in [-0.25, -0.2) is 0 Å². The van der Waals surface area contributed by atoms with Gasteiger partial charge in [0.25, 0.3) is 0 Å². The van der Waals surface area contributed by atoms with Crippen LogP contribution in [0.1, 0.15) is 26.7 Å². The fraction of sp³-hybridized carbons (Fsp3) is 0.889. The lowest BCUT2D eigenvalue weighted by Crippen LogP contribution is -2.30. The van der Waals surface area contributed by atoms with Crippen LogP contribution in [0.15, 0.2) is 0 Å². The van der Waals surface area contributed by atoms with Crippen molar-refractivity contribution in [3.05, 3.63) is 0 Å². The van der Waals surface area contributed by atoms with Crippen molar-refractivity contribution in [1.29, 1.82) is 0 Å². The van der Waals surface area contributed by atoms with E-state index in [0.29, 0.717) is 12.3 Å².